The second-order valence-corrected chi connectivity index (χ2v) is 6.66. The van der Waals surface area contributed by atoms with Gasteiger partial charge in [-0.2, -0.15) is 13.9 Å². The number of carbonyl (C=O) groups excluding carboxylic acids is 2. The zero-order valence-corrected chi connectivity index (χ0v) is 15.9. The third-order valence-electron chi connectivity index (χ3n) is 4.52. The zero-order valence-electron chi connectivity index (χ0n) is 15.9. The highest BCUT2D eigenvalue weighted by molar-refractivity contribution is 5.90. The first kappa shape index (κ1) is 20.4. The predicted octanol–water partition coefficient (Wildman–Crippen LogP) is 1.36. The van der Waals surface area contributed by atoms with Gasteiger partial charge in [-0.1, -0.05) is 0 Å². The standard InChI is InChI=1S/C18H16F3N7O3/c19-14-3-12(28-7-13(31-18(28)30)4-23-17(29)16(20)21)1-2-15(14)26-5-11(24-10-26)6-27-9-22-8-25-27/h1-3,5,8-10,13,16H,4,6-7H2,(H,23,29). The van der Waals surface area contributed by atoms with Crippen molar-refractivity contribution in [3.63, 3.8) is 0 Å². The summed E-state index contributed by atoms with van der Waals surface area (Å²) < 4.78 is 47.4. The van der Waals surface area contributed by atoms with Crippen molar-refractivity contribution in [3.05, 3.63) is 54.9 Å². The Kier molecular flexibility index (Phi) is 5.56. The maximum Gasteiger partial charge on any atom is 0.414 e. The first-order valence-corrected chi connectivity index (χ1v) is 9.10. The SMILES string of the molecule is O=C(NCC1CN(c2ccc(-n3cnc(Cn4cncn4)c3)c(F)c2)C(=O)O1)C(F)F. The lowest BCUT2D eigenvalue weighted by atomic mass is 10.2. The van der Waals surface area contributed by atoms with E-state index >= 15 is 0 Å². The summed E-state index contributed by atoms with van der Waals surface area (Å²) in [4.78, 5) is 32.3. The molecule has 0 bridgehead atoms. The van der Waals surface area contributed by atoms with Crippen LogP contribution >= 0.6 is 0 Å². The largest absolute Gasteiger partial charge is 0.442 e. The van der Waals surface area contributed by atoms with Crippen LogP contribution < -0.4 is 10.2 Å². The number of alkyl halides is 2. The Balaban J connectivity index is 1.43. The lowest BCUT2D eigenvalue weighted by Crippen LogP contribution is -2.37. The van der Waals surface area contributed by atoms with Crippen LogP contribution in [0.5, 0.6) is 0 Å². The van der Waals surface area contributed by atoms with Gasteiger partial charge in [-0.3, -0.25) is 9.69 Å². The molecule has 1 aliphatic heterocycles. The maximum atomic E-state index is 14.7. The molecule has 1 unspecified atom stereocenters. The fraction of sp³-hybridized carbons (Fsp3) is 0.278. The highest BCUT2D eigenvalue weighted by atomic mass is 19.3. The van der Waals surface area contributed by atoms with Gasteiger partial charge in [-0.25, -0.2) is 23.8 Å². The van der Waals surface area contributed by atoms with Crippen LogP contribution in [0.3, 0.4) is 0 Å². The molecular weight excluding hydrogens is 419 g/mol. The third kappa shape index (κ3) is 4.49. The summed E-state index contributed by atoms with van der Waals surface area (Å²) in [6, 6.07) is 4.16. The maximum absolute atomic E-state index is 14.7. The summed E-state index contributed by atoms with van der Waals surface area (Å²) in [7, 11) is 0. The molecule has 0 saturated carbocycles. The Morgan fingerprint density at radius 2 is 2.16 bits per heavy atom. The molecule has 3 heterocycles. The predicted molar refractivity (Wildman–Crippen MR) is 99.3 cm³/mol. The van der Waals surface area contributed by atoms with Crippen molar-refractivity contribution in [1.29, 1.82) is 0 Å². The van der Waals surface area contributed by atoms with Crippen molar-refractivity contribution < 1.29 is 27.5 Å². The number of hydrogen-bond donors (Lipinski definition) is 1. The quantitative estimate of drug-likeness (QED) is 0.601. The van der Waals surface area contributed by atoms with Gasteiger partial charge in [0.2, 0.25) is 0 Å². The number of imidazole rings is 1. The molecule has 4 rings (SSSR count). The van der Waals surface area contributed by atoms with Crippen LogP contribution in [0.25, 0.3) is 5.69 Å². The Bertz CT molecular complexity index is 1090. The van der Waals surface area contributed by atoms with Crippen molar-refractivity contribution in [2.75, 3.05) is 18.0 Å². The van der Waals surface area contributed by atoms with Gasteiger partial charge in [-0.05, 0) is 18.2 Å². The van der Waals surface area contributed by atoms with Crippen molar-refractivity contribution >= 4 is 17.7 Å². The summed E-state index contributed by atoms with van der Waals surface area (Å²) in [5.41, 5.74) is 1.09. The number of nitrogens with zero attached hydrogens (tertiary/aromatic N) is 6. The number of anilines is 1. The molecule has 1 fully saturated rings. The van der Waals surface area contributed by atoms with E-state index in [-0.39, 0.29) is 24.5 Å². The average molecular weight is 435 g/mol. The van der Waals surface area contributed by atoms with Crippen molar-refractivity contribution in [3.8, 4) is 5.69 Å². The van der Waals surface area contributed by atoms with Crippen LogP contribution in [-0.2, 0) is 16.1 Å². The normalized spacial score (nSPS) is 16.1. The molecule has 1 saturated heterocycles. The summed E-state index contributed by atoms with van der Waals surface area (Å²) in [5.74, 6) is -2.06. The fourth-order valence-electron chi connectivity index (χ4n) is 3.06. The Labute approximate surface area is 173 Å². The lowest BCUT2D eigenvalue weighted by Gasteiger charge is -2.14. The first-order valence-electron chi connectivity index (χ1n) is 9.10. The molecule has 0 spiro atoms. The van der Waals surface area contributed by atoms with Gasteiger partial charge < -0.3 is 14.6 Å². The van der Waals surface area contributed by atoms with Crippen LogP contribution in [0.2, 0.25) is 0 Å². The van der Waals surface area contributed by atoms with Crippen LogP contribution in [0.15, 0.2) is 43.4 Å². The Morgan fingerprint density at radius 1 is 1.32 bits per heavy atom. The fourth-order valence-corrected chi connectivity index (χ4v) is 3.06. The van der Waals surface area contributed by atoms with Gasteiger partial charge >= 0.3 is 12.5 Å². The number of rotatable bonds is 7. The van der Waals surface area contributed by atoms with Crippen molar-refractivity contribution in [2.45, 2.75) is 19.1 Å². The molecule has 2 amide bonds. The van der Waals surface area contributed by atoms with E-state index in [9.17, 15) is 22.8 Å². The smallest absolute Gasteiger partial charge is 0.414 e. The number of aromatic nitrogens is 5. The van der Waals surface area contributed by atoms with Gasteiger partial charge in [0, 0.05) is 6.20 Å². The highest BCUT2D eigenvalue weighted by Crippen LogP contribution is 2.25. The van der Waals surface area contributed by atoms with E-state index in [2.05, 4.69) is 15.1 Å². The minimum Gasteiger partial charge on any atom is -0.442 e. The number of benzene rings is 1. The number of hydrogen-bond acceptors (Lipinski definition) is 6. The molecule has 31 heavy (non-hydrogen) atoms. The molecule has 162 valence electrons. The summed E-state index contributed by atoms with van der Waals surface area (Å²) in [5, 5.41) is 5.97. The molecule has 1 aliphatic rings. The van der Waals surface area contributed by atoms with Gasteiger partial charge in [0.1, 0.15) is 24.6 Å². The van der Waals surface area contributed by atoms with Crippen LogP contribution in [0, 0.1) is 5.82 Å². The van der Waals surface area contributed by atoms with Gasteiger partial charge in [-0.15, -0.1) is 0 Å². The van der Waals surface area contributed by atoms with Gasteiger partial charge in [0.15, 0.2) is 0 Å². The van der Waals surface area contributed by atoms with E-state index in [4.69, 9.17) is 4.74 Å². The van der Waals surface area contributed by atoms with E-state index < -0.39 is 30.3 Å². The lowest BCUT2D eigenvalue weighted by molar-refractivity contribution is -0.132. The number of halogens is 3. The van der Waals surface area contributed by atoms with Crippen LogP contribution in [-0.4, -0.2) is 61.9 Å². The molecular formula is C18H16F3N7O3. The Morgan fingerprint density at radius 3 is 2.87 bits per heavy atom. The van der Waals surface area contributed by atoms with E-state index in [0.717, 1.165) is 11.0 Å². The van der Waals surface area contributed by atoms with Crippen LogP contribution in [0.4, 0.5) is 23.7 Å². The molecule has 0 aliphatic carbocycles. The number of amides is 2. The number of nitrogens with one attached hydrogen (secondary N) is 1. The topological polar surface area (TPSA) is 107 Å². The average Bonchev–Trinajstić information content (AvgIpc) is 3.48. The number of ether oxygens (including phenoxy) is 1. The monoisotopic (exact) mass is 435 g/mol. The Hall–Kier alpha value is -3.90. The molecule has 1 aromatic carbocycles. The number of carbonyl (C=O) groups is 2. The van der Waals surface area contributed by atoms with Gasteiger partial charge in [0.25, 0.3) is 5.91 Å². The molecule has 13 heteroatoms. The van der Waals surface area contributed by atoms with Crippen molar-refractivity contribution in [1.82, 2.24) is 29.6 Å². The number of cyclic esters (lactones) is 1. The first-order chi connectivity index (χ1) is 14.9. The summed E-state index contributed by atoms with van der Waals surface area (Å²) in [6.45, 7) is 0.0830. The molecule has 2 aromatic heterocycles. The molecule has 0 radical (unpaired) electrons. The van der Waals surface area contributed by atoms with E-state index in [1.165, 1.54) is 35.7 Å². The molecule has 3 aromatic rings. The minimum absolute atomic E-state index is 0.0196. The molecule has 1 atom stereocenters. The molecule has 1 N–H and O–H groups in total. The van der Waals surface area contributed by atoms with Crippen LogP contribution in [0.1, 0.15) is 5.69 Å². The second-order valence-electron chi connectivity index (χ2n) is 6.66. The van der Waals surface area contributed by atoms with E-state index in [1.54, 1.807) is 10.9 Å². The molecule has 10 nitrogen and oxygen atoms in total. The summed E-state index contributed by atoms with van der Waals surface area (Å²) in [6.07, 6.45) is 1.29. The van der Waals surface area contributed by atoms with E-state index in [1.807, 2.05) is 5.32 Å². The second kappa shape index (κ2) is 8.45. The van der Waals surface area contributed by atoms with Crippen molar-refractivity contribution in [2.24, 2.45) is 0 Å². The summed E-state index contributed by atoms with van der Waals surface area (Å²) >= 11 is 0. The van der Waals surface area contributed by atoms with Gasteiger partial charge in [0.05, 0.1) is 43.0 Å². The minimum atomic E-state index is -3.16. The zero-order chi connectivity index (χ0) is 22.0. The highest BCUT2D eigenvalue weighted by Gasteiger charge is 2.33. The van der Waals surface area contributed by atoms with E-state index in [0.29, 0.717) is 12.2 Å². The third-order valence-corrected chi connectivity index (χ3v) is 4.52.